The van der Waals surface area contributed by atoms with Gasteiger partial charge in [-0.1, -0.05) is 31.9 Å². The van der Waals surface area contributed by atoms with Crippen LogP contribution in [0.3, 0.4) is 0 Å². The van der Waals surface area contributed by atoms with Gasteiger partial charge in [-0.2, -0.15) is 0 Å². The smallest absolute Gasteiger partial charge is 0.118 e. The van der Waals surface area contributed by atoms with Crippen LogP contribution in [0.4, 0.5) is 0 Å². The zero-order chi connectivity index (χ0) is 14.4. The second-order valence-electron chi connectivity index (χ2n) is 5.34. The summed E-state index contributed by atoms with van der Waals surface area (Å²) in [4.78, 5) is 0. The molecular weight excluding hydrogens is 270 g/mol. The van der Waals surface area contributed by atoms with Gasteiger partial charge in [0, 0.05) is 27.8 Å². The van der Waals surface area contributed by atoms with Gasteiger partial charge < -0.3 is 10.1 Å². The Morgan fingerprint density at radius 2 is 1.95 bits per heavy atom. The third-order valence-corrected chi connectivity index (χ3v) is 5.85. The van der Waals surface area contributed by atoms with Crippen molar-refractivity contribution in [3.8, 4) is 5.75 Å². The number of methoxy groups -OCH3 is 1. The van der Waals surface area contributed by atoms with E-state index in [-0.39, 0.29) is 6.04 Å². The summed E-state index contributed by atoms with van der Waals surface area (Å²) in [7, 11) is 0.944. The molecule has 2 atom stereocenters. The Bertz CT molecular complexity index is 427. The zero-order valence-corrected chi connectivity index (χ0v) is 13.2. The van der Waals surface area contributed by atoms with Crippen LogP contribution < -0.4 is 10.1 Å². The molecule has 0 aromatic heterocycles. The summed E-state index contributed by atoms with van der Waals surface area (Å²) < 4.78 is 17.7. The molecule has 1 aliphatic carbocycles. The predicted molar refractivity (Wildman–Crippen MR) is 84.7 cm³/mol. The van der Waals surface area contributed by atoms with Crippen LogP contribution in [0.15, 0.2) is 24.3 Å². The second kappa shape index (κ2) is 7.79. The normalized spacial score (nSPS) is 18.9. The number of benzene rings is 1. The molecule has 2 rings (SSSR count). The zero-order valence-electron chi connectivity index (χ0n) is 12.4. The molecule has 0 aliphatic heterocycles. The molecule has 1 N–H and O–H groups in total. The van der Waals surface area contributed by atoms with E-state index in [0.717, 1.165) is 25.1 Å². The maximum Gasteiger partial charge on any atom is 0.118 e. The predicted octanol–water partition coefficient (Wildman–Crippen LogP) is 3.04. The first-order chi connectivity index (χ1) is 9.74. The van der Waals surface area contributed by atoms with Crippen LogP contribution in [-0.2, 0) is 10.8 Å². The van der Waals surface area contributed by atoms with Gasteiger partial charge in [-0.05, 0) is 37.1 Å². The maximum absolute atomic E-state index is 12.5. The first kappa shape index (κ1) is 15.5. The fourth-order valence-corrected chi connectivity index (χ4v) is 4.58. The molecule has 1 saturated carbocycles. The first-order valence-corrected chi connectivity index (χ1v) is 8.87. The van der Waals surface area contributed by atoms with Crippen molar-refractivity contribution in [2.45, 2.75) is 43.9 Å². The molecule has 1 fully saturated rings. The molecule has 1 aromatic rings. The lowest BCUT2D eigenvalue weighted by atomic mass is 10.1. The van der Waals surface area contributed by atoms with Crippen LogP contribution in [0.25, 0.3) is 0 Å². The minimum atomic E-state index is -0.728. The molecule has 3 nitrogen and oxygen atoms in total. The second-order valence-corrected chi connectivity index (χ2v) is 7.10. The van der Waals surface area contributed by atoms with Crippen molar-refractivity contribution in [2.24, 2.45) is 0 Å². The number of rotatable bonds is 7. The highest BCUT2D eigenvalue weighted by atomic mass is 32.2. The van der Waals surface area contributed by atoms with Crippen LogP contribution in [0.2, 0.25) is 0 Å². The van der Waals surface area contributed by atoms with Gasteiger partial charge in [-0.3, -0.25) is 4.21 Å². The first-order valence-electron chi connectivity index (χ1n) is 7.49. The molecule has 0 saturated heterocycles. The minimum absolute atomic E-state index is 0.173. The van der Waals surface area contributed by atoms with Crippen molar-refractivity contribution >= 4 is 10.8 Å². The van der Waals surface area contributed by atoms with E-state index in [2.05, 4.69) is 24.4 Å². The summed E-state index contributed by atoms with van der Waals surface area (Å²) >= 11 is 0. The average molecular weight is 295 g/mol. The molecule has 4 heteroatoms. The molecule has 0 bridgehead atoms. The fraction of sp³-hybridized carbons (Fsp3) is 0.625. The van der Waals surface area contributed by atoms with Crippen LogP contribution in [0, 0.1) is 0 Å². The van der Waals surface area contributed by atoms with Crippen molar-refractivity contribution in [3.05, 3.63) is 29.8 Å². The Kier molecular flexibility index (Phi) is 6.05. The summed E-state index contributed by atoms with van der Waals surface area (Å²) in [6, 6.07) is 8.25. The Morgan fingerprint density at radius 3 is 2.50 bits per heavy atom. The summed E-state index contributed by atoms with van der Waals surface area (Å²) in [6.45, 7) is 2.98. The van der Waals surface area contributed by atoms with Gasteiger partial charge >= 0.3 is 0 Å². The van der Waals surface area contributed by atoms with E-state index in [1.165, 1.54) is 18.4 Å². The van der Waals surface area contributed by atoms with Crippen LogP contribution in [0.1, 0.15) is 44.2 Å². The van der Waals surface area contributed by atoms with Gasteiger partial charge in [0.15, 0.2) is 0 Å². The lowest BCUT2D eigenvalue weighted by Crippen LogP contribution is -2.29. The van der Waals surface area contributed by atoms with E-state index in [0.29, 0.717) is 11.0 Å². The summed E-state index contributed by atoms with van der Waals surface area (Å²) in [5.41, 5.74) is 1.19. The topological polar surface area (TPSA) is 38.3 Å². The average Bonchev–Trinajstić information content (AvgIpc) is 3.01. The van der Waals surface area contributed by atoms with Gasteiger partial charge in [0.25, 0.3) is 0 Å². The molecule has 0 amide bonds. The van der Waals surface area contributed by atoms with Crippen molar-refractivity contribution in [1.82, 2.24) is 5.32 Å². The Labute approximate surface area is 124 Å². The SMILES string of the molecule is CCNC(CS(=O)C1CCCC1)c1ccc(OC)cc1. The Balaban J connectivity index is 2.03. The van der Waals surface area contributed by atoms with E-state index < -0.39 is 10.8 Å². The van der Waals surface area contributed by atoms with Crippen molar-refractivity contribution in [3.63, 3.8) is 0 Å². The molecule has 0 spiro atoms. The quantitative estimate of drug-likeness (QED) is 0.840. The Morgan fingerprint density at radius 1 is 1.30 bits per heavy atom. The standard InChI is InChI=1S/C16H25NO2S/c1-3-17-16(12-20(18)15-6-4-5-7-15)13-8-10-14(19-2)11-9-13/h8-11,15-17H,3-7,12H2,1-2H3. The third kappa shape index (κ3) is 4.06. The number of hydrogen-bond acceptors (Lipinski definition) is 3. The highest BCUT2D eigenvalue weighted by Gasteiger charge is 2.24. The van der Waals surface area contributed by atoms with Crippen LogP contribution in [-0.4, -0.2) is 28.9 Å². The summed E-state index contributed by atoms with van der Waals surface area (Å²) in [5, 5.41) is 3.87. The van der Waals surface area contributed by atoms with Gasteiger partial charge in [-0.15, -0.1) is 0 Å². The van der Waals surface area contributed by atoms with Crippen molar-refractivity contribution in [1.29, 1.82) is 0 Å². The monoisotopic (exact) mass is 295 g/mol. The van der Waals surface area contributed by atoms with E-state index in [1.54, 1.807) is 7.11 Å². The number of hydrogen-bond donors (Lipinski definition) is 1. The maximum atomic E-state index is 12.5. The van der Waals surface area contributed by atoms with Crippen LogP contribution in [0.5, 0.6) is 5.75 Å². The molecule has 20 heavy (non-hydrogen) atoms. The summed E-state index contributed by atoms with van der Waals surface area (Å²) in [5.74, 6) is 1.58. The number of nitrogens with one attached hydrogen (secondary N) is 1. The van der Waals surface area contributed by atoms with E-state index >= 15 is 0 Å². The molecule has 0 radical (unpaired) electrons. The van der Waals surface area contributed by atoms with E-state index in [9.17, 15) is 4.21 Å². The van der Waals surface area contributed by atoms with Crippen LogP contribution >= 0.6 is 0 Å². The summed E-state index contributed by atoms with van der Waals surface area (Å²) in [6.07, 6.45) is 4.75. The van der Waals surface area contributed by atoms with E-state index in [1.807, 2.05) is 12.1 Å². The van der Waals surface area contributed by atoms with Crippen molar-refractivity contribution < 1.29 is 8.95 Å². The third-order valence-electron chi connectivity index (χ3n) is 3.97. The van der Waals surface area contributed by atoms with Crippen molar-refractivity contribution in [2.75, 3.05) is 19.4 Å². The molecule has 112 valence electrons. The lowest BCUT2D eigenvalue weighted by Gasteiger charge is -2.20. The van der Waals surface area contributed by atoms with Gasteiger partial charge in [0.1, 0.15) is 5.75 Å². The minimum Gasteiger partial charge on any atom is -0.497 e. The molecule has 1 aromatic carbocycles. The molecule has 0 heterocycles. The molecular formula is C16H25NO2S. The highest BCUT2D eigenvalue weighted by molar-refractivity contribution is 7.85. The van der Waals surface area contributed by atoms with E-state index in [4.69, 9.17) is 4.74 Å². The molecule has 2 unspecified atom stereocenters. The van der Waals surface area contributed by atoms with Gasteiger partial charge in [-0.25, -0.2) is 0 Å². The molecule has 1 aliphatic rings. The largest absolute Gasteiger partial charge is 0.497 e. The van der Waals surface area contributed by atoms with Gasteiger partial charge in [0.05, 0.1) is 7.11 Å². The number of ether oxygens (including phenoxy) is 1. The Hall–Kier alpha value is -0.870. The fourth-order valence-electron chi connectivity index (χ4n) is 2.81. The highest BCUT2D eigenvalue weighted by Crippen LogP contribution is 2.26. The lowest BCUT2D eigenvalue weighted by molar-refractivity contribution is 0.414. The van der Waals surface area contributed by atoms with Gasteiger partial charge in [0.2, 0.25) is 0 Å².